The van der Waals surface area contributed by atoms with Crippen molar-refractivity contribution in [1.82, 2.24) is 9.61 Å². The second kappa shape index (κ2) is 2.75. The number of rotatable bonds is 0. The topological polar surface area (TPSA) is 17.3 Å². The highest BCUT2D eigenvalue weighted by atomic mass is 127. The first-order chi connectivity index (χ1) is 5.25. The summed E-state index contributed by atoms with van der Waals surface area (Å²) in [5, 5.41) is 4.24. The highest BCUT2D eigenvalue weighted by molar-refractivity contribution is 14.1. The summed E-state index contributed by atoms with van der Waals surface area (Å²) in [6.07, 6.45) is 1.93. The fourth-order valence-electron chi connectivity index (χ4n) is 0.936. The first-order valence-electron chi connectivity index (χ1n) is 3.06. The van der Waals surface area contributed by atoms with Gasteiger partial charge < -0.3 is 0 Å². The lowest BCUT2D eigenvalue weighted by Crippen LogP contribution is -1.84. The van der Waals surface area contributed by atoms with Gasteiger partial charge in [-0.05, 0) is 40.8 Å². The molecular weight excluding hydrogens is 319 g/mol. The van der Waals surface area contributed by atoms with E-state index in [0.29, 0.717) is 0 Å². The van der Waals surface area contributed by atoms with Gasteiger partial charge in [-0.25, -0.2) is 4.52 Å². The highest BCUT2D eigenvalue weighted by Gasteiger charge is 1.96. The molecule has 0 amide bonds. The summed E-state index contributed by atoms with van der Waals surface area (Å²) in [5.74, 6) is 0. The molecule has 2 heterocycles. The molecule has 0 aliphatic rings. The van der Waals surface area contributed by atoms with E-state index in [1.165, 1.54) is 0 Å². The Bertz CT molecular complexity index is 396. The van der Waals surface area contributed by atoms with E-state index in [4.69, 9.17) is 0 Å². The minimum atomic E-state index is 1.01. The smallest absolute Gasteiger partial charge is 0.124 e. The first-order valence-corrected chi connectivity index (χ1v) is 4.93. The highest BCUT2D eigenvalue weighted by Crippen LogP contribution is 2.14. The van der Waals surface area contributed by atoms with Crippen LogP contribution in [-0.4, -0.2) is 9.61 Å². The molecule has 0 aliphatic carbocycles. The Morgan fingerprint density at radius 2 is 2.27 bits per heavy atom. The predicted octanol–water partition coefficient (Wildman–Crippen LogP) is 2.70. The molecule has 2 aromatic rings. The predicted molar refractivity (Wildman–Crippen MR) is 55.6 cm³/mol. The van der Waals surface area contributed by atoms with Gasteiger partial charge in [0, 0.05) is 10.7 Å². The Labute approximate surface area is 85.9 Å². The van der Waals surface area contributed by atoms with Gasteiger partial charge >= 0.3 is 0 Å². The molecule has 0 fully saturated rings. The third-order valence-electron chi connectivity index (χ3n) is 1.40. The van der Waals surface area contributed by atoms with Crippen molar-refractivity contribution in [3.05, 3.63) is 32.6 Å². The van der Waals surface area contributed by atoms with Crippen LogP contribution < -0.4 is 0 Å². The molecule has 2 nitrogen and oxygen atoms in total. The number of nitrogens with zero attached hydrogens (tertiary/aromatic N) is 2. The van der Waals surface area contributed by atoms with Crippen molar-refractivity contribution >= 4 is 44.0 Å². The van der Waals surface area contributed by atoms with Crippen LogP contribution in [0.2, 0.25) is 0 Å². The minimum absolute atomic E-state index is 1.01. The quantitative estimate of drug-likeness (QED) is 0.682. The van der Waals surface area contributed by atoms with Crippen molar-refractivity contribution in [2.24, 2.45) is 0 Å². The van der Waals surface area contributed by atoms with Crippen LogP contribution in [0.15, 0.2) is 28.9 Å². The van der Waals surface area contributed by atoms with Crippen LogP contribution in [0.5, 0.6) is 0 Å². The normalized spacial score (nSPS) is 10.7. The Balaban J connectivity index is 2.82. The van der Waals surface area contributed by atoms with Crippen molar-refractivity contribution < 1.29 is 0 Å². The van der Waals surface area contributed by atoms with Crippen molar-refractivity contribution in [3.63, 3.8) is 0 Å². The molecule has 56 valence electrons. The molecule has 0 N–H and O–H groups in total. The zero-order valence-corrected chi connectivity index (χ0v) is 9.20. The van der Waals surface area contributed by atoms with Crippen LogP contribution >= 0.6 is 38.5 Å². The Morgan fingerprint density at radius 3 is 3.09 bits per heavy atom. The van der Waals surface area contributed by atoms with Gasteiger partial charge in [-0.3, -0.25) is 0 Å². The molecule has 11 heavy (non-hydrogen) atoms. The van der Waals surface area contributed by atoms with E-state index in [1.807, 2.05) is 28.9 Å². The molecular formula is C7H4BrIN2. The lowest BCUT2D eigenvalue weighted by Gasteiger charge is -1.91. The van der Waals surface area contributed by atoms with Crippen molar-refractivity contribution in [2.45, 2.75) is 0 Å². The molecule has 0 saturated heterocycles. The minimum Gasteiger partial charge on any atom is -0.240 e. The fourth-order valence-corrected chi connectivity index (χ4v) is 1.84. The van der Waals surface area contributed by atoms with Gasteiger partial charge in [-0.15, -0.1) is 0 Å². The van der Waals surface area contributed by atoms with E-state index < -0.39 is 0 Å². The van der Waals surface area contributed by atoms with Crippen LogP contribution in [0.25, 0.3) is 5.52 Å². The second-order valence-corrected chi connectivity index (χ2v) is 4.20. The molecule has 2 aromatic heterocycles. The molecule has 2 rings (SSSR count). The maximum Gasteiger partial charge on any atom is 0.124 e. The monoisotopic (exact) mass is 322 g/mol. The maximum absolute atomic E-state index is 4.24. The number of fused-ring (bicyclic) bond motifs is 1. The van der Waals surface area contributed by atoms with Crippen LogP contribution in [0, 0.1) is 3.70 Å². The SMILES string of the molecule is Brc1ccn2nc(I)cc2c1. The lowest BCUT2D eigenvalue weighted by molar-refractivity contribution is 0.944. The summed E-state index contributed by atoms with van der Waals surface area (Å²) in [6.45, 7) is 0. The number of halogens is 2. The van der Waals surface area contributed by atoms with Gasteiger partial charge in [0.25, 0.3) is 0 Å². The number of hydrogen-bond acceptors (Lipinski definition) is 1. The van der Waals surface area contributed by atoms with Crippen LogP contribution in [0.4, 0.5) is 0 Å². The lowest BCUT2D eigenvalue weighted by atomic mass is 10.4. The summed E-state index contributed by atoms with van der Waals surface area (Å²) in [5.41, 5.74) is 1.11. The van der Waals surface area contributed by atoms with Crippen LogP contribution in [0.3, 0.4) is 0 Å². The van der Waals surface area contributed by atoms with Crippen molar-refractivity contribution in [1.29, 1.82) is 0 Å². The van der Waals surface area contributed by atoms with E-state index in [2.05, 4.69) is 43.6 Å². The van der Waals surface area contributed by atoms with E-state index in [0.717, 1.165) is 13.7 Å². The van der Waals surface area contributed by atoms with Gasteiger partial charge in [0.05, 0.1) is 5.52 Å². The van der Waals surface area contributed by atoms with Crippen LogP contribution in [-0.2, 0) is 0 Å². The van der Waals surface area contributed by atoms with Crippen molar-refractivity contribution in [2.75, 3.05) is 0 Å². The van der Waals surface area contributed by atoms with E-state index >= 15 is 0 Å². The summed E-state index contributed by atoms with van der Waals surface area (Å²) >= 11 is 5.60. The van der Waals surface area contributed by atoms with Crippen molar-refractivity contribution in [3.8, 4) is 0 Å². The molecule has 0 radical (unpaired) electrons. The van der Waals surface area contributed by atoms with Gasteiger partial charge in [-0.2, -0.15) is 5.10 Å². The third kappa shape index (κ3) is 1.41. The van der Waals surface area contributed by atoms with E-state index in [1.54, 1.807) is 0 Å². The fraction of sp³-hybridized carbons (Fsp3) is 0. The molecule has 0 atom stereocenters. The Morgan fingerprint density at radius 1 is 1.45 bits per heavy atom. The largest absolute Gasteiger partial charge is 0.240 e. The Kier molecular flexibility index (Phi) is 1.88. The Hall–Kier alpha value is -0.100. The number of hydrogen-bond donors (Lipinski definition) is 0. The second-order valence-electron chi connectivity index (χ2n) is 2.18. The molecule has 0 unspecified atom stereocenters. The number of aromatic nitrogens is 2. The maximum atomic E-state index is 4.24. The summed E-state index contributed by atoms with van der Waals surface area (Å²) < 4.78 is 3.95. The zero-order chi connectivity index (χ0) is 7.84. The van der Waals surface area contributed by atoms with E-state index in [-0.39, 0.29) is 0 Å². The van der Waals surface area contributed by atoms with Gasteiger partial charge in [0.15, 0.2) is 0 Å². The average molecular weight is 323 g/mol. The standard InChI is InChI=1S/C7H4BrIN2/c8-5-1-2-11-6(3-5)4-7(9)10-11/h1-4H. The molecule has 0 saturated carbocycles. The molecule has 0 bridgehead atoms. The van der Waals surface area contributed by atoms with Crippen LogP contribution in [0.1, 0.15) is 0 Å². The summed E-state index contributed by atoms with van der Waals surface area (Å²) in [7, 11) is 0. The average Bonchev–Trinajstić information content (AvgIpc) is 2.27. The molecule has 0 spiro atoms. The first kappa shape index (κ1) is 7.54. The van der Waals surface area contributed by atoms with E-state index in [9.17, 15) is 0 Å². The number of pyridine rings is 1. The molecule has 0 aromatic carbocycles. The molecule has 4 heteroatoms. The summed E-state index contributed by atoms with van der Waals surface area (Å²) in [6, 6.07) is 6.04. The van der Waals surface area contributed by atoms with Gasteiger partial charge in [0.2, 0.25) is 0 Å². The summed E-state index contributed by atoms with van der Waals surface area (Å²) in [4.78, 5) is 0. The third-order valence-corrected chi connectivity index (χ3v) is 2.42. The van der Waals surface area contributed by atoms with Gasteiger partial charge in [0.1, 0.15) is 3.70 Å². The van der Waals surface area contributed by atoms with Gasteiger partial charge in [-0.1, -0.05) is 15.9 Å². The molecule has 0 aliphatic heterocycles. The zero-order valence-electron chi connectivity index (χ0n) is 5.46.